The zero-order valence-corrected chi connectivity index (χ0v) is 19.9. The average molecular weight is 466 g/mol. The van der Waals surface area contributed by atoms with E-state index in [1.165, 1.54) is 0 Å². The highest BCUT2D eigenvalue weighted by atomic mass is 15.3. The number of fused-ring (bicyclic) bond motifs is 1. The van der Waals surface area contributed by atoms with Crippen LogP contribution in [0.2, 0.25) is 0 Å². The van der Waals surface area contributed by atoms with E-state index in [-0.39, 0.29) is 0 Å². The number of rotatable bonds is 5. The van der Waals surface area contributed by atoms with E-state index in [2.05, 4.69) is 65.4 Å². The van der Waals surface area contributed by atoms with Gasteiger partial charge in [0.25, 0.3) is 0 Å². The Morgan fingerprint density at radius 2 is 1.54 bits per heavy atom. The third kappa shape index (κ3) is 4.32. The van der Waals surface area contributed by atoms with Gasteiger partial charge in [0.2, 0.25) is 5.95 Å². The molecule has 0 aromatic carbocycles. The Morgan fingerprint density at radius 3 is 2.26 bits per heavy atom. The molecule has 0 radical (unpaired) electrons. The van der Waals surface area contributed by atoms with Crippen LogP contribution in [0.4, 0.5) is 11.6 Å². The lowest BCUT2D eigenvalue weighted by Crippen LogP contribution is -2.47. The van der Waals surface area contributed by atoms with Gasteiger partial charge in [-0.15, -0.1) is 0 Å². The van der Waals surface area contributed by atoms with Gasteiger partial charge in [-0.25, -0.2) is 14.5 Å². The summed E-state index contributed by atoms with van der Waals surface area (Å²) in [4.78, 5) is 18.4. The number of piperazine rings is 1. The predicted molar refractivity (Wildman–Crippen MR) is 136 cm³/mol. The van der Waals surface area contributed by atoms with E-state index in [1.54, 1.807) is 0 Å². The minimum atomic E-state index is 0.742. The van der Waals surface area contributed by atoms with Gasteiger partial charge in [-0.1, -0.05) is 12.1 Å². The fourth-order valence-corrected chi connectivity index (χ4v) is 4.52. The maximum absolute atomic E-state index is 4.64. The lowest BCUT2D eigenvalue weighted by atomic mass is 10.1. The number of aromatic nitrogens is 7. The van der Waals surface area contributed by atoms with E-state index in [1.807, 2.05) is 60.3 Å². The minimum Gasteiger partial charge on any atom is -0.365 e. The second-order valence-corrected chi connectivity index (χ2v) is 9.05. The molecule has 0 amide bonds. The van der Waals surface area contributed by atoms with Crippen molar-refractivity contribution in [2.75, 3.05) is 36.0 Å². The zero-order chi connectivity index (χ0) is 23.8. The number of aryl methyl sites for hydroxylation is 2. The van der Waals surface area contributed by atoms with Gasteiger partial charge in [0.05, 0.1) is 23.6 Å². The predicted octanol–water partition coefficient (Wildman–Crippen LogP) is 3.15. The summed E-state index contributed by atoms with van der Waals surface area (Å²) in [5.41, 5.74) is 7.71. The Kier molecular flexibility index (Phi) is 5.36. The first-order valence-electron chi connectivity index (χ1n) is 11.8. The normalized spacial score (nSPS) is 14.1. The van der Waals surface area contributed by atoms with Crippen molar-refractivity contribution in [2.24, 2.45) is 7.05 Å². The second kappa shape index (κ2) is 8.83. The highest BCUT2D eigenvalue weighted by molar-refractivity contribution is 5.75. The first kappa shape index (κ1) is 21.3. The molecule has 6 rings (SSSR count). The van der Waals surface area contributed by atoms with Crippen LogP contribution < -0.4 is 9.80 Å². The van der Waals surface area contributed by atoms with Crippen LogP contribution in [0, 0.1) is 6.92 Å². The van der Waals surface area contributed by atoms with E-state index in [0.717, 1.165) is 77.7 Å². The van der Waals surface area contributed by atoms with E-state index < -0.39 is 0 Å². The third-order valence-corrected chi connectivity index (χ3v) is 6.49. The van der Waals surface area contributed by atoms with Gasteiger partial charge in [0.1, 0.15) is 0 Å². The standard InChI is InChI=1S/C26H27N9/c1-19-3-5-23(27-12-19)11-20-13-28-26(29-14-20)34-9-7-33(8-10-34)25-16-31-35-18-21(4-6-24(25)35)22-15-30-32(2)17-22/h3-6,12-18H,7-11H2,1-2H3. The smallest absolute Gasteiger partial charge is 0.225 e. The lowest BCUT2D eigenvalue weighted by Gasteiger charge is -2.35. The van der Waals surface area contributed by atoms with Crippen molar-refractivity contribution in [3.8, 4) is 11.1 Å². The monoisotopic (exact) mass is 465 g/mol. The zero-order valence-electron chi connectivity index (χ0n) is 19.9. The van der Waals surface area contributed by atoms with Crippen LogP contribution in [-0.4, -0.2) is 60.5 Å². The summed E-state index contributed by atoms with van der Waals surface area (Å²) in [5.74, 6) is 0.784. The van der Waals surface area contributed by atoms with Gasteiger partial charge in [0.15, 0.2) is 0 Å². The van der Waals surface area contributed by atoms with Crippen molar-refractivity contribution < 1.29 is 0 Å². The van der Waals surface area contributed by atoms with Gasteiger partial charge in [0, 0.05) is 87.5 Å². The number of hydrogen-bond donors (Lipinski definition) is 0. The van der Waals surface area contributed by atoms with Crippen LogP contribution in [0.15, 0.2) is 67.6 Å². The van der Waals surface area contributed by atoms with Crippen molar-refractivity contribution >= 4 is 17.2 Å². The number of nitrogens with zero attached hydrogens (tertiary/aromatic N) is 9. The Bertz CT molecular complexity index is 1440. The molecule has 0 bridgehead atoms. The molecule has 1 saturated heterocycles. The molecule has 0 N–H and O–H groups in total. The van der Waals surface area contributed by atoms with Crippen LogP contribution >= 0.6 is 0 Å². The summed E-state index contributed by atoms with van der Waals surface area (Å²) in [7, 11) is 1.93. The molecule has 5 aromatic heterocycles. The SMILES string of the molecule is Cc1ccc(Cc2cnc(N3CCN(c4cnn5cc(-c6cnn(C)c6)ccc45)CC3)nc2)nc1. The maximum atomic E-state index is 4.64. The summed E-state index contributed by atoms with van der Waals surface area (Å²) in [6.45, 7) is 5.56. The van der Waals surface area contributed by atoms with Gasteiger partial charge in [-0.3, -0.25) is 9.67 Å². The first-order valence-corrected chi connectivity index (χ1v) is 11.8. The molecule has 1 aliphatic rings. The molecular weight excluding hydrogens is 438 g/mol. The molecule has 9 nitrogen and oxygen atoms in total. The van der Waals surface area contributed by atoms with E-state index in [9.17, 15) is 0 Å². The lowest BCUT2D eigenvalue weighted by molar-refractivity contribution is 0.640. The molecule has 5 aromatic rings. The largest absolute Gasteiger partial charge is 0.365 e. The number of pyridine rings is 2. The fraction of sp³-hybridized carbons (Fsp3) is 0.269. The quantitative estimate of drug-likeness (QED) is 0.394. The topological polar surface area (TPSA) is 80.3 Å². The first-order chi connectivity index (χ1) is 17.1. The van der Waals surface area contributed by atoms with Crippen molar-refractivity contribution in [3.05, 3.63) is 84.5 Å². The fourth-order valence-electron chi connectivity index (χ4n) is 4.52. The average Bonchev–Trinajstić information content (AvgIpc) is 3.52. The van der Waals surface area contributed by atoms with Crippen molar-refractivity contribution in [3.63, 3.8) is 0 Å². The van der Waals surface area contributed by atoms with Gasteiger partial charge < -0.3 is 9.80 Å². The Morgan fingerprint density at radius 1 is 0.743 bits per heavy atom. The molecule has 0 saturated carbocycles. The summed E-state index contributed by atoms with van der Waals surface area (Å²) in [6.07, 6.45) is 14.4. The molecule has 6 heterocycles. The second-order valence-electron chi connectivity index (χ2n) is 9.05. The van der Waals surface area contributed by atoms with Crippen molar-refractivity contribution in [1.29, 1.82) is 0 Å². The summed E-state index contributed by atoms with van der Waals surface area (Å²) in [6, 6.07) is 8.42. The number of anilines is 2. The Balaban J connectivity index is 1.11. The van der Waals surface area contributed by atoms with Gasteiger partial charge in [-0.2, -0.15) is 10.2 Å². The highest BCUT2D eigenvalue weighted by Gasteiger charge is 2.21. The summed E-state index contributed by atoms with van der Waals surface area (Å²) < 4.78 is 3.76. The van der Waals surface area contributed by atoms with Crippen LogP contribution in [0.3, 0.4) is 0 Å². The van der Waals surface area contributed by atoms with Gasteiger partial charge >= 0.3 is 0 Å². The van der Waals surface area contributed by atoms with E-state index in [0.29, 0.717) is 0 Å². The van der Waals surface area contributed by atoms with E-state index in [4.69, 9.17) is 0 Å². The minimum absolute atomic E-state index is 0.742. The van der Waals surface area contributed by atoms with Crippen molar-refractivity contribution in [2.45, 2.75) is 13.3 Å². The van der Waals surface area contributed by atoms with Crippen LogP contribution in [0.5, 0.6) is 0 Å². The number of hydrogen-bond acceptors (Lipinski definition) is 7. The van der Waals surface area contributed by atoms with Crippen LogP contribution in [0.1, 0.15) is 16.8 Å². The van der Waals surface area contributed by atoms with Gasteiger partial charge in [-0.05, 0) is 30.2 Å². The molecule has 35 heavy (non-hydrogen) atoms. The summed E-state index contributed by atoms with van der Waals surface area (Å²) in [5, 5.41) is 8.89. The molecule has 0 aliphatic carbocycles. The van der Waals surface area contributed by atoms with E-state index >= 15 is 0 Å². The molecule has 0 unspecified atom stereocenters. The molecular formula is C26H27N9. The highest BCUT2D eigenvalue weighted by Crippen LogP contribution is 2.26. The summed E-state index contributed by atoms with van der Waals surface area (Å²) >= 11 is 0. The van der Waals surface area contributed by atoms with Crippen LogP contribution in [0.25, 0.3) is 16.6 Å². The maximum Gasteiger partial charge on any atom is 0.225 e. The molecule has 0 spiro atoms. The molecule has 1 fully saturated rings. The molecule has 0 atom stereocenters. The Labute approximate surface area is 203 Å². The van der Waals surface area contributed by atoms with Crippen LogP contribution in [-0.2, 0) is 13.5 Å². The Hall–Kier alpha value is -4.27. The third-order valence-electron chi connectivity index (χ3n) is 6.49. The molecule has 176 valence electrons. The van der Waals surface area contributed by atoms with Crippen molar-refractivity contribution in [1.82, 2.24) is 34.3 Å². The molecule has 9 heteroatoms. The molecule has 1 aliphatic heterocycles.